The quantitative estimate of drug-likeness (QED) is 0.744. The highest BCUT2D eigenvalue weighted by Crippen LogP contribution is 2.14. The Morgan fingerprint density at radius 3 is 2.69 bits per heavy atom. The molecule has 0 amide bonds. The molecule has 0 fully saturated rings. The lowest BCUT2D eigenvalue weighted by atomic mass is 10.1. The van der Waals surface area contributed by atoms with Crippen LogP contribution in [0.15, 0.2) is 10.6 Å². The van der Waals surface area contributed by atoms with E-state index in [4.69, 9.17) is 4.52 Å². The van der Waals surface area contributed by atoms with Gasteiger partial charge in [0, 0.05) is 31.1 Å². The summed E-state index contributed by atoms with van der Waals surface area (Å²) in [4.78, 5) is 0. The average Bonchev–Trinajstić information content (AvgIpc) is 2.72. The summed E-state index contributed by atoms with van der Waals surface area (Å²) in [6, 6.07) is 2.47. The van der Waals surface area contributed by atoms with Gasteiger partial charge in [0.1, 0.15) is 5.76 Å². The predicted octanol–water partition coefficient (Wildman–Crippen LogP) is 1.89. The first-order valence-corrected chi connectivity index (χ1v) is 6.03. The standard InChI is InChI=1S/C12H23N3O/c1-5-13-7-10(4)14-8-11-6-12(9(2)3)16-15-11/h6,9-10,13-14H,5,7-8H2,1-4H3. The molecule has 0 aliphatic rings. The van der Waals surface area contributed by atoms with Crippen LogP contribution >= 0.6 is 0 Å². The van der Waals surface area contributed by atoms with Crippen molar-refractivity contribution in [1.29, 1.82) is 0 Å². The van der Waals surface area contributed by atoms with Crippen molar-refractivity contribution in [2.75, 3.05) is 13.1 Å². The van der Waals surface area contributed by atoms with E-state index in [1.54, 1.807) is 0 Å². The van der Waals surface area contributed by atoms with Gasteiger partial charge >= 0.3 is 0 Å². The van der Waals surface area contributed by atoms with Gasteiger partial charge in [0.2, 0.25) is 0 Å². The first-order valence-electron chi connectivity index (χ1n) is 6.03. The molecule has 0 aliphatic carbocycles. The normalized spacial score (nSPS) is 13.3. The first kappa shape index (κ1) is 13.2. The maximum Gasteiger partial charge on any atom is 0.139 e. The maximum absolute atomic E-state index is 5.23. The molecule has 0 saturated heterocycles. The second kappa shape index (κ2) is 6.66. The third-order valence-electron chi connectivity index (χ3n) is 2.48. The van der Waals surface area contributed by atoms with E-state index in [-0.39, 0.29) is 0 Å². The van der Waals surface area contributed by atoms with Crippen LogP contribution in [-0.2, 0) is 6.54 Å². The number of rotatable bonds is 7. The van der Waals surface area contributed by atoms with Gasteiger partial charge in [0.25, 0.3) is 0 Å². The minimum absolute atomic E-state index is 0.403. The topological polar surface area (TPSA) is 50.1 Å². The molecule has 0 radical (unpaired) electrons. The van der Waals surface area contributed by atoms with Gasteiger partial charge in [0.05, 0.1) is 5.69 Å². The lowest BCUT2D eigenvalue weighted by Crippen LogP contribution is -2.35. The molecular weight excluding hydrogens is 202 g/mol. The summed E-state index contributed by atoms with van der Waals surface area (Å²) in [7, 11) is 0. The van der Waals surface area contributed by atoms with Crippen LogP contribution in [0.3, 0.4) is 0 Å². The molecule has 1 rings (SSSR count). The van der Waals surface area contributed by atoms with Crippen LogP contribution in [0.4, 0.5) is 0 Å². The molecular formula is C12H23N3O. The lowest BCUT2D eigenvalue weighted by Gasteiger charge is -2.12. The second-order valence-electron chi connectivity index (χ2n) is 4.46. The van der Waals surface area contributed by atoms with E-state index in [1.165, 1.54) is 0 Å². The van der Waals surface area contributed by atoms with Crippen molar-refractivity contribution in [3.8, 4) is 0 Å². The van der Waals surface area contributed by atoms with Crippen molar-refractivity contribution in [1.82, 2.24) is 15.8 Å². The highest BCUT2D eigenvalue weighted by atomic mass is 16.5. The molecule has 0 bridgehead atoms. The highest BCUT2D eigenvalue weighted by molar-refractivity contribution is 5.08. The minimum Gasteiger partial charge on any atom is -0.361 e. The molecule has 0 saturated carbocycles. The molecule has 0 spiro atoms. The number of hydrogen-bond donors (Lipinski definition) is 2. The first-order chi connectivity index (χ1) is 7.63. The summed E-state index contributed by atoms with van der Waals surface area (Å²) in [6.07, 6.45) is 0. The van der Waals surface area contributed by atoms with E-state index in [9.17, 15) is 0 Å². The van der Waals surface area contributed by atoms with Crippen molar-refractivity contribution >= 4 is 0 Å². The summed E-state index contributed by atoms with van der Waals surface area (Å²) in [5.41, 5.74) is 0.979. The van der Waals surface area contributed by atoms with Crippen molar-refractivity contribution in [2.24, 2.45) is 0 Å². The molecule has 0 aromatic carbocycles. The van der Waals surface area contributed by atoms with Crippen LogP contribution in [0, 0.1) is 0 Å². The Kier molecular flexibility index (Phi) is 5.49. The molecule has 4 nitrogen and oxygen atoms in total. The summed E-state index contributed by atoms with van der Waals surface area (Å²) >= 11 is 0. The molecule has 4 heteroatoms. The van der Waals surface area contributed by atoms with Crippen LogP contribution in [0.1, 0.15) is 45.1 Å². The van der Waals surface area contributed by atoms with Gasteiger partial charge in [-0.1, -0.05) is 25.9 Å². The Balaban J connectivity index is 2.31. The Labute approximate surface area is 97.8 Å². The number of likely N-dealkylation sites (N-methyl/N-ethyl adjacent to an activating group) is 1. The largest absolute Gasteiger partial charge is 0.361 e. The molecule has 0 aliphatic heterocycles. The van der Waals surface area contributed by atoms with Crippen LogP contribution < -0.4 is 10.6 Å². The smallest absolute Gasteiger partial charge is 0.139 e. The Bertz CT molecular complexity index is 296. The van der Waals surface area contributed by atoms with E-state index in [0.717, 1.165) is 31.1 Å². The summed E-state index contributed by atoms with van der Waals surface area (Å²) in [5, 5.41) is 10.7. The zero-order chi connectivity index (χ0) is 12.0. The average molecular weight is 225 g/mol. The van der Waals surface area contributed by atoms with Crippen LogP contribution in [0.25, 0.3) is 0 Å². The van der Waals surface area contributed by atoms with Crippen molar-refractivity contribution in [2.45, 2.75) is 46.2 Å². The van der Waals surface area contributed by atoms with Crippen LogP contribution in [-0.4, -0.2) is 24.3 Å². The third-order valence-corrected chi connectivity index (χ3v) is 2.48. The van der Waals surface area contributed by atoms with Gasteiger partial charge in [-0.15, -0.1) is 0 Å². The third kappa shape index (κ3) is 4.33. The SMILES string of the molecule is CCNCC(C)NCc1cc(C(C)C)on1. The van der Waals surface area contributed by atoms with E-state index < -0.39 is 0 Å². The molecule has 1 unspecified atom stereocenters. The van der Waals surface area contributed by atoms with Crippen LogP contribution in [0.5, 0.6) is 0 Å². The van der Waals surface area contributed by atoms with Gasteiger partial charge in [-0.25, -0.2) is 0 Å². The predicted molar refractivity (Wildman–Crippen MR) is 65.4 cm³/mol. The zero-order valence-corrected chi connectivity index (χ0v) is 10.7. The van der Waals surface area contributed by atoms with Gasteiger partial charge in [-0.3, -0.25) is 0 Å². The molecule has 1 atom stereocenters. The summed E-state index contributed by atoms with van der Waals surface area (Å²) in [5.74, 6) is 1.36. The van der Waals surface area contributed by atoms with E-state index in [1.807, 2.05) is 6.07 Å². The Hall–Kier alpha value is -0.870. The van der Waals surface area contributed by atoms with Crippen molar-refractivity contribution in [3.63, 3.8) is 0 Å². The fraction of sp³-hybridized carbons (Fsp3) is 0.750. The summed E-state index contributed by atoms with van der Waals surface area (Å²) < 4.78 is 5.23. The Morgan fingerprint density at radius 2 is 2.12 bits per heavy atom. The van der Waals surface area contributed by atoms with E-state index >= 15 is 0 Å². The lowest BCUT2D eigenvalue weighted by molar-refractivity contribution is 0.362. The van der Waals surface area contributed by atoms with Gasteiger partial charge in [-0.05, 0) is 13.5 Å². The number of nitrogens with one attached hydrogen (secondary N) is 2. The number of nitrogens with zero attached hydrogens (tertiary/aromatic N) is 1. The highest BCUT2D eigenvalue weighted by Gasteiger charge is 2.08. The fourth-order valence-corrected chi connectivity index (χ4v) is 1.40. The molecule has 1 heterocycles. The molecule has 16 heavy (non-hydrogen) atoms. The number of hydrogen-bond acceptors (Lipinski definition) is 4. The van der Waals surface area contributed by atoms with E-state index in [0.29, 0.717) is 12.0 Å². The minimum atomic E-state index is 0.403. The van der Waals surface area contributed by atoms with Crippen LogP contribution in [0.2, 0.25) is 0 Å². The van der Waals surface area contributed by atoms with Crippen molar-refractivity contribution in [3.05, 3.63) is 17.5 Å². The van der Waals surface area contributed by atoms with Crippen molar-refractivity contribution < 1.29 is 4.52 Å². The second-order valence-corrected chi connectivity index (χ2v) is 4.46. The fourth-order valence-electron chi connectivity index (χ4n) is 1.40. The monoisotopic (exact) mass is 225 g/mol. The van der Waals surface area contributed by atoms with E-state index in [2.05, 4.69) is 43.5 Å². The molecule has 2 N–H and O–H groups in total. The Morgan fingerprint density at radius 1 is 1.38 bits per heavy atom. The van der Waals surface area contributed by atoms with Gasteiger partial charge in [0.15, 0.2) is 0 Å². The molecule has 1 aromatic rings. The zero-order valence-electron chi connectivity index (χ0n) is 10.7. The maximum atomic E-state index is 5.23. The summed E-state index contributed by atoms with van der Waals surface area (Å²) in [6.45, 7) is 11.2. The molecule has 1 aromatic heterocycles. The van der Waals surface area contributed by atoms with Gasteiger partial charge < -0.3 is 15.2 Å². The van der Waals surface area contributed by atoms with Gasteiger partial charge in [-0.2, -0.15) is 0 Å². The molecule has 92 valence electrons. The number of aromatic nitrogens is 1.